The standard InChI is InChI=1S/C16H30N2O2S/c1-6-16(7-2,21-5)11-18-9-8-14(19)17-13(15(18)20)10-12(3)4/h12-13H,6-11H2,1-5H3,(H,17,19). The van der Waals surface area contributed by atoms with E-state index in [2.05, 4.69) is 39.3 Å². The van der Waals surface area contributed by atoms with Gasteiger partial charge in [-0.25, -0.2) is 0 Å². The van der Waals surface area contributed by atoms with Crippen molar-refractivity contribution in [1.82, 2.24) is 10.2 Å². The highest BCUT2D eigenvalue weighted by Crippen LogP contribution is 2.32. The number of nitrogens with zero attached hydrogens (tertiary/aromatic N) is 1. The van der Waals surface area contributed by atoms with Gasteiger partial charge < -0.3 is 10.2 Å². The monoisotopic (exact) mass is 314 g/mol. The van der Waals surface area contributed by atoms with E-state index >= 15 is 0 Å². The third-order valence-electron chi connectivity index (χ3n) is 4.46. The summed E-state index contributed by atoms with van der Waals surface area (Å²) in [7, 11) is 0. The molecular formula is C16H30N2O2S. The third-order valence-corrected chi connectivity index (χ3v) is 6.03. The van der Waals surface area contributed by atoms with Gasteiger partial charge in [-0.15, -0.1) is 0 Å². The predicted octanol–water partition coefficient (Wildman–Crippen LogP) is 2.67. The molecule has 0 aromatic carbocycles. The van der Waals surface area contributed by atoms with Gasteiger partial charge in [0.25, 0.3) is 0 Å². The minimum Gasteiger partial charge on any atom is -0.344 e. The molecule has 0 saturated carbocycles. The Morgan fingerprint density at radius 3 is 2.43 bits per heavy atom. The summed E-state index contributed by atoms with van der Waals surface area (Å²) in [6.07, 6.45) is 5.31. The van der Waals surface area contributed by atoms with Crippen LogP contribution < -0.4 is 5.32 Å². The molecule has 0 spiro atoms. The minimum atomic E-state index is -0.353. The second-order valence-electron chi connectivity index (χ2n) is 6.35. The van der Waals surface area contributed by atoms with E-state index in [1.807, 2.05) is 16.7 Å². The molecule has 1 unspecified atom stereocenters. The van der Waals surface area contributed by atoms with Crippen molar-refractivity contribution in [3.05, 3.63) is 0 Å². The molecule has 2 amide bonds. The van der Waals surface area contributed by atoms with Gasteiger partial charge in [-0.1, -0.05) is 27.7 Å². The SMILES string of the molecule is CCC(CC)(CN1CCC(=O)NC(CC(C)C)C1=O)SC. The van der Waals surface area contributed by atoms with E-state index in [0.717, 1.165) is 19.4 Å². The molecule has 21 heavy (non-hydrogen) atoms. The number of rotatable bonds is 7. The molecule has 1 heterocycles. The molecule has 1 saturated heterocycles. The maximum absolute atomic E-state index is 12.8. The summed E-state index contributed by atoms with van der Waals surface area (Å²) in [5.74, 6) is 0.482. The smallest absolute Gasteiger partial charge is 0.245 e. The fourth-order valence-electron chi connectivity index (χ4n) is 2.86. The van der Waals surface area contributed by atoms with Gasteiger partial charge in [-0.3, -0.25) is 9.59 Å². The van der Waals surface area contributed by atoms with Crippen molar-refractivity contribution < 1.29 is 9.59 Å². The van der Waals surface area contributed by atoms with Crippen LogP contribution in [0.4, 0.5) is 0 Å². The Hall–Kier alpha value is -0.710. The lowest BCUT2D eigenvalue weighted by atomic mass is 9.99. The van der Waals surface area contributed by atoms with Crippen LogP contribution in [-0.4, -0.2) is 46.8 Å². The Balaban J connectivity index is 2.89. The Morgan fingerprint density at radius 2 is 1.95 bits per heavy atom. The Kier molecular flexibility index (Phi) is 7.04. The van der Waals surface area contributed by atoms with E-state index in [1.54, 1.807) is 0 Å². The molecule has 1 aliphatic heterocycles. The first-order valence-corrected chi connectivity index (χ1v) is 9.23. The number of carbonyl (C=O) groups excluding carboxylic acids is 2. The van der Waals surface area contributed by atoms with Crippen LogP contribution in [0.25, 0.3) is 0 Å². The first-order valence-electron chi connectivity index (χ1n) is 8.00. The molecule has 0 aromatic rings. The third kappa shape index (κ3) is 4.90. The molecule has 1 rings (SSSR count). The van der Waals surface area contributed by atoms with Crippen LogP contribution in [0.5, 0.6) is 0 Å². The lowest BCUT2D eigenvalue weighted by Gasteiger charge is -2.36. The average Bonchev–Trinajstić information content (AvgIpc) is 2.57. The fourth-order valence-corrected chi connectivity index (χ4v) is 3.72. The molecule has 1 N–H and O–H groups in total. The molecule has 0 bridgehead atoms. The van der Waals surface area contributed by atoms with Crippen LogP contribution in [0.2, 0.25) is 0 Å². The minimum absolute atomic E-state index is 0.000696. The van der Waals surface area contributed by atoms with Crippen molar-refractivity contribution in [2.24, 2.45) is 5.92 Å². The Labute approximate surface area is 133 Å². The summed E-state index contributed by atoms with van der Waals surface area (Å²) in [4.78, 5) is 26.5. The molecule has 4 nitrogen and oxygen atoms in total. The van der Waals surface area contributed by atoms with E-state index in [9.17, 15) is 9.59 Å². The molecule has 1 atom stereocenters. The van der Waals surface area contributed by atoms with Gasteiger partial charge in [0, 0.05) is 24.3 Å². The van der Waals surface area contributed by atoms with Crippen molar-refractivity contribution in [3.63, 3.8) is 0 Å². The van der Waals surface area contributed by atoms with Crippen molar-refractivity contribution >= 4 is 23.6 Å². The molecule has 0 aromatic heterocycles. The first-order chi connectivity index (χ1) is 9.87. The zero-order chi connectivity index (χ0) is 16.0. The van der Waals surface area contributed by atoms with Crippen LogP contribution in [0.3, 0.4) is 0 Å². The second-order valence-corrected chi connectivity index (χ2v) is 7.63. The maximum Gasteiger partial charge on any atom is 0.245 e. The van der Waals surface area contributed by atoms with Crippen molar-refractivity contribution in [2.45, 2.75) is 64.2 Å². The van der Waals surface area contributed by atoms with Gasteiger partial charge in [-0.2, -0.15) is 11.8 Å². The van der Waals surface area contributed by atoms with Gasteiger partial charge in [0.2, 0.25) is 11.8 Å². The zero-order valence-electron chi connectivity index (χ0n) is 14.1. The number of carbonyl (C=O) groups is 2. The number of thioether (sulfide) groups is 1. The van der Waals surface area contributed by atoms with Crippen molar-refractivity contribution in [3.8, 4) is 0 Å². The largest absolute Gasteiger partial charge is 0.344 e. The second kappa shape index (κ2) is 8.06. The van der Waals surface area contributed by atoms with E-state index in [0.29, 0.717) is 25.3 Å². The highest BCUT2D eigenvalue weighted by molar-refractivity contribution is 8.00. The molecule has 5 heteroatoms. The number of hydrogen-bond donors (Lipinski definition) is 1. The lowest BCUT2D eigenvalue weighted by molar-refractivity contribution is -0.134. The molecule has 122 valence electrons. The quantitative estimate of drug-likeness (QED) is 0.786. The topological polar surface area (TPSA) is 49.4 Å². The molecule has 1 fully saturated rings. The zero-order valence-corrected chi connectivity index (χ0v) is 14.9. The van der Waals surface area contributed by atoms with E-state index in [-0.39, 0.29) is 22.6 Å². The number of amides is 2. The van der Waals surface area contributed by atoms with Crippen LogP contribution in [0.15, 0.2) is 0 Å². The highest BCUT2D eigenvalue weighted by atomic mass is 32.2. The summed E-state index contributed by atoms with van der Waals surface area (Å²) in [6, 6.07) is -0.353. The van der Waals surface area contributed by atoms with Gasteiger partial charge in [0.15, 0.2) is 0 Å². The molecule has 0 aliphatic carbocycles. The molecule has 1 aliphatic rings. The van der Waals surface area contributed by atoms with Gasteiger partial charge in [-0.05, 0) is 31.4 Å². The average molecular weight is 314 g/mol. The number of hydrogen-bond acceptors (Lipinski definition) is 3. The Morgan fingerprint density at radius 1 is 1.33 bits per heavy atom. The van der Waals surface area contributed by atoms with Crippen LogP contribution >= 0.6 is 11.8 Å². The van der Waals surface area contributed by atoms with E-state index in [4.69, 9.17) is 0 Å². The summed E-state index contributed by atoms with van der Waals surface area (Å²) in [5, 5.41) is 2.89. The molecule has 0 radical (unpaired) electrons. The fraction of sp³-hybridized carbons (Fsp3) is 0.875. The van der Waals surface area contributed by atoms with Crippen molar-refractivity contribution in [1.29, 1.82) is 0 Å². The van der Waals surface area contributed by atoms with Gasteiger partial charge >= 0.3 is 0 Å². The summed E-state index contributed by atoms with van der Waals surface area (Å²) in [6.45, 7) is 9.80. The van der Waals surface area contributed by atoms with E-state index in [1.165, 1.54) is 0 Å². The summed E-state index contributed by atoms with van der Waals surface area (Å²) >= 11 is 1.84. The van der Waals surface area contributed by atoms with E-state index < -0.39 is 0 Å². The van der Waals surface area contributed by atoms with Crippen molar-refractivity contribution in [2.75, 3.05) is 19.3 Å². The lowest BCUT2D eigenvalue weighted by Crippen LogP contribution is -2.49. The first kappa shape index (κ1) is 18.3. The van der Waals surface area contributed by atoms with Crippen LogP contribution in [-0.2, 0) is 9.59 Å². The highest BCUT2D eigenvalue weighted by Gasteiger charge is 2.35. The maximum atomic E-state index is 12.8. The summed E-state index contributed by atoms with van der Waals surface area (Å²) < 4.78 is 0.103. The summed E-state index contributed by atoms with van der Waals surface area (Å²) in [5.41, 5.74) is 0. The van der Waals surface area contributed by atoms with Gasteiger partial charge in [0.05, 0.1) is 0 Å². The molecular weight excluding hydrogens is 284 g/mol. The Bertz CT molecular complexity index is 359. The van der Waals surface area contributed by atoms with Gasteiger partial charge in [0.1, 0.15) is 6.04 Å². The predicted molar refractivity (Wildman–Crippen MR) is 89.4 cm³/mol. The number of nitrogens with one attached hydrogen (secondary N) is 1. The normalized spacial score (nSPS) is 20.7. The van der Waals surface area contributed by atoms with Crippen LogP contribution in [0.1, 0.15) is 53.4 Å². The van der Waals surface area contributed by atoms with Crippen LogP contribution in [0, 0.1) is 5.92 Å².